The van der Waals surface area contributed by atoms with E-state index in [4.69, 9.17) is 0 Å². The number of rotatable bonds is 3. The topological polar surface area (TPSA) is 93.3 Å². The quantitative estimate of drug-likeness (QED) is 0.641. The summed E-state index contributed by atoms with van der Waals surface area (Å²) < 4.78 is 1.48. The predicted octanol–water partition coefficient (Wildman–Crippen LogP) is 0.669. The lowest BCUT2D eigenvalue weighted by Gasteiger charge is -2.30. The highest BCUT2D eigenvalue weighted by atomic mass is 16.6. The summed E-state index contributed by atoms with van der Waals surface area (Å²) in [5.74, 6) is 0.504. The van der Waals surface area contributed by atoms with E-state index in [1.807, 2.05) is 0 Å². The SMILES string of the molecule is Cc1nn(C)c(NC2CCC(=O)N(C)C2)c1[N+](=O)[O-]. The zero-order valence-corrected chi connectivity index (χ0v) is 11.2. The average Bonchev–Trinajstić information content (AvgIpc) is 2.59. The Balaban J connectivity index is 2.20. The van der Waals surface area contributed by atoms with Crippen LogP contribution in [0.2, 0.25) is 0 Å². The summed E-state index contributed by atoms with van der Waals surface area (Å²) in [7, 11) is 3.40. The van der Waals surface area contributed by atoms with Crippen molar-refractivity contribution in [3.8, 4) is 0 Å². The first-order valence-electron chi connectivity index (χ1n) is 6.08. The molecule has 1 amide bonds. The average molecular weight is 267 g/mol. The van der Waals surface area contributed by atoms with E-state index < -0.39 is 4.92 Å². The molecule has 1 aliphatic heterocycles. The first-order chi connectivity index (χ1) is 8.90. The predicted molar refractivity (Wildman–Crippen MR) is 68.9 cm³/mol. The van der Waals surface area contributed by atoms with Gasteiger partial charge in [0, 0.05) is 33.1 Å². The molecule has 8 heteroatoms. The van der Waals surface area contributed by atoms with Crippen LogP contribution < -0.4 is 5.32 Å². The zero-order chi connectivity index (χ0) is 14.2. The number of hydrogen-bond acceptors (Lipinski definition) is 5. The lowest BCUT2D eigenvalue weighted by molar-refractivity contribution is -0.384. The van der Waals surface area contributed by atoms with Crippen LogP contribution in [0.25, 0.3) is 0 Å². The molecule has 0 saturated carbocycles. The molecule has 0 radical (unpaired) electrons. The standard InChI is InChI=1S/C11H17N5O3/c1-7-10(16(18)19)11(15(3)13-7)12-8-4-5-9(17)14(2)6-8/h8,12H,4-6H2,1-3H3. The van der Waals surface area contributed by atoms with E-state index in [1.54, 1.807) is 25.9 Å². The van der Waals surface area contributed by atoms with E-state index in [-0.39, 0.29) is 17.6 Å². The van der Waals surface area contributed by atoms with Crippen molar-refractivity contribution in [3.63, 3.8) is 0 Å². The first kappa shape index (κ1) is 13.3. The van der Waals surface area contributed by atoms with Gasteiger partial charge in [0.05, 0.1) is 4.92 Å². The second-order valence-corrected chi connectivity index (χ2v) is 4.82. The van der Waals surface area contributed by atoms with Gasteiger partial charge < -0.3 is 10.2 Å². The summed E-state index contributed by atoms with van der Waals surface area (Å²) >= 11 is 0. The number of aromatic nitrogens is 2. The monoisotopic (exact) mass is 267 g/mol. The Labute approximate surface area is 110 Å². The van der Waals surface area contributed by atoms with Crippen LogP contribution in [0, 0.1) is 17.0 Å². The molecular weight excluding hydrogens is 250 g/mol. The molecule has 1 atom stereocenters. The van der Waals surface area contributed by atoms with Crippen molar-refractivity contribution in [1.29, 1.82) is 0 Å². The van der Waals surface area contributed by atoms with Crippen molar-refractivity contribution in [2.45, 2.75) is 25.8 Å². The van der Waals surface area contributed by atoms with Crippen molar-refractivity contribution in [2.24, 2.45) is 7.05 Å². The number of nitrogens with zero attached hydrogens (tertiary/aromatic N) is 4. The largest absolute Gasteiger partial charge is 0.360 e. The lowest BCUT2D eigenvalue weighted by atomic mass is 10.1. The third-order valence-electron chi connectivity index (χ3n) is 3.34. The fourth-order valence-corrected chi connectivity index (χ4v) is 2.35. The number of aryl methyl sites for hydroxylation is 2. The van der Waals surface area contributed by atoms with Crippen molar-refractivity contribution < 1.29 is 9.72 Å². The molecular formula is C11H17N5O3. The smallest absolute Gasteiger partial charge is 0.333 e. The van der Waals surface area contributed by atoms with Crippen molar-refractivity contribution in [3.05, 3.63) is 15.8 Å². The summed E-state index contributed by atoms with van der Waals surface area (Å²) in [5.41, 5.74) is 0.386. The molecule has 1 aromatic rings. The van der Waals surface area contributed by atoms with Gasteiger partial charge in [-0.25, -0.2) is 4.68 Å². The molecule has 1 saturated heterocycles. The van der Waals surface area contributed by atoms with E-state index in [0.717, 1.165) is 0 Å². The first-order valence-corrected chi connectivity index (χ1v) is 6.08. The van der Waals surface area contributed by atoms with E-state index in [2.05, 4.69) is 10.4 Å². The maximum Gasteiger partial charge on any atom is 0.333 e. The Hall–Kier alpha value is -2.12. The van der Waals surface area contributed by atoms with Crippen molar-refractivity contribution in [1.82, 2.24) is 14.7 Å². The highest BCUT2D eigenvalue weighted by molar-refractivity contribution is 5.77. The fraction of sp³-hybridized carbons (Fsp3) is 0.636. The summed E-state index contributed by atoms with van der Waals surface area (Å²) in [4.78, 5) is 23.7. The fourth-order valence-electron chi connectivity index (χ4n) is 2.35. The van der Waals surface area contributed by atoms with Crippen LogP contribution in [0.4, 0.5) is 11.5 Å². The molecule has 19 heavy (non-hydrogen) atoms. The van der Waals surface area contributed by atoms with E-state index in [1.165, 1.54) is 4.68 Å². The number of amides is 1. The van der Waals surface area contributed by atoms with Gasteiger partial charge in [0.1, 0.15) is 5.69 Å². The molecule has 1 unspecified atom stereocenters. The minimum atomic E-state index is -0.428. The van der Waals surface area contributed by atoms with Gasteiger partial charge in [-0.05, 0) is 13.3 Å². The number of piperidine rings is 1. The molecule has 1 N–H and O–H groups in total. The second kappa shape index (κ2) is 4.87. The minimum absolute atomic E-state index is 0.00190. The van der Waals surface area contributed by atoms with Gasteiger partial charge in [0.15, 0.2) is 0 Å². The molecule has 1 aromatic heterocycles. The molecule has 0 aromatic carbocycles. The highest BCUT2D eigenvalue weighted by Gasteiger charge is 2.29. The number of nitrogens with one attached hydrogen (secondary N) is 1. The van der Waals surface area contributed by atoms with Gasteiger partial charge >= 0.3 is 5.69 Å². The van der Waals surface area contributed by atoms with Gasteiger partial charge in [-0.15, -0.1) is 0 Å². The number of carbonyl (C=O) groups is 1. The number of anilines is 1. The molecule has 0 bridgehead atoms. The zero-order valence-electron chi connectivity index (χ0n) is 11.2. The summed E-state index contributed by atoms with van der Waals surface area (Å²) in [6.45, 7) is 2.15. The third-order valence-corrected chi connectivity index (χ3v) is 3.34. The number of likely N-dealkylation sites (tertiary alicyclic amines) is 1. The Morgan fingerprint density at radius 1 is 1.47 bits per heavy atom. The number of hydrogen-bond donors (Lipinski definition) is 1. The van der Waals surface area contributed by atoms with Crippen LogP contribution in [0.5, 0.6) is 0 Å². The van der Waals surface area contributed by atoms with Gasteiger partial charge in [-0.2, -0.15) is 5.10 Å². The number of likely N-dealkylation sites (N-methyl/N-ethyl adjacent to an activating group) is 1. The third kappa shape index (κ3) is 2.51. The molecule has 2 rings (SSSR count). The number of nitro groups is 1. The van der Waals surface area contributed by atoms with Gasteiger partial charge in [0.25, 0.3) is 0 Å². The van der Waals surface area contributed by atoms with Crippen molar-refractivity contribution >= 4 is 17.4 Å². The second-order valence-electron chi connectivity index (χ2n) is 4.82. The molecule has 0 spiro atoms. The van der Waals surface area contributed by atoms with Gasteiger partial charge in [-0.3, -0.25) is 14.9 Å². The van der Waals surface area contributed by atoms with Crippen LogP contribution in [-0.2, 0) is 11.8 Å². The summed E-state index contributed by atoms with van der Waals surface area (Å²) in [5, 5.41) is 18.3. The van der Waals surface area contributed by atoms with Crippen LogP contribution >= 0.6 is 0 Å². The molecule has 104 valence electrons. The van der Waals surface area contributed by atoms with E-state index >= 15 is 0 Å². The van der Waals surface area contributed by atoms with Crippen LogP contribution in [0.15, 0.2) is 0 Å². The number of carbonyl (C=O) groups excluding carboxylic acids is 1. The minimum Gasteiger partial charge on any atom is -0.360 e. The molecule has 1 fully saturated rings. The Kier molecular flexibility index (Phi) is 3.41. The summed E-state index contributed by atoms with van der Waals surface area (Å²) in [6.07, 6.45) is 1.13. The Morgan fingerprint density at radius 2 is 2.16 bits per heavy atom. The maximum atomic E-state index is 11.4. The molecule has 1 aliphatic rings. The Morgan fingerprint density at radius 3 is 2.74 bits per heavy atom. The molecule has 8 nitrogen and oxygen atoms in total. The van der Waals surface area contributed by atoms with Crippen LogP contribution in [0.1, 0.15) is 18.5 Å². The molecule has 2 heterocycles. The van der Waals surface area contributed by atoms with Crippen molar-refractivity contribution in [2.75, 3.05) is 18.9 Å². The van der Waals surface area contributed by atoms with Crippen LogP contribution in [0.3, 0.4) is 0 Å². The van der Waals surface area contributed by atoms with Gasteiger partial charge in [-0.1, -0.05) is 0 Å². The van der Waals surface area contributed by atoms with E-state index in [9.17, 15) is 14.9 Å². The normalized spacial score (nSPS) is 19.6. The van der Waals surface area contributed by atoms with Gasteiger partial charge in [0.2, 0.25) is 11.7 Å². The lowest BCUT2D eigenvalue weighted by Crippen LogP contribution is -2.43. The maximum absolute atomic E-state index is 11.4. The van der Waals surface area contributed by atoms with E-state index in [0.29, 0.717) is 30.9 Å². The Bertz CT molecular complexity index is 525. The van der Waals surface area contributed by atoms with Crippen LogP contribution in [-0.4, -0.2) is 45.1 Å². The molecule has 0 aliphatic carbocycles. The highest BCUT2D eigenvalue weighted by Crippen LogP contribution is 2.29. The summed E-state index contributed by atoms with van der Waals surface area (Å²) in [6, 6.07) is 0.0104.